The average molecular weight is 327 g/mol. The van der Waals surface area contributed by atoms with Crippen LogP contribution in [0.4, 0.5) is 0 Å². The molecule has 2 aliphatic rings. The zero-order valence-electron chi connectivity index (χ0n) is 18.1. The van der Waals surface area contributed by atoms with Crippen molar-refractivity contribution in [1.82, 2.24) is 0 Å². The van der Waals surface area contributed by atoms with Gasteiger partial charge < -0.3 is 0 Å². The van der Waals surface area contributed by atoms with Crippen LogP contribution in [0.1, 0.15) is 126 Å². The molecule has 23 heavy (non-hydrogen) atoms. The smallest absolute Gasteiger partial charge is 0.0357 e. The molecule has 0 aromatic carbocycles. The summed E-state index contributed by atoms with van der Waals surface area (Å²) >= 11 is 0. The van der Waals surface area contributed by atoms with Crippen molar-refractivity contribution in [3.05, 3.63) is 0 Å². The van der Waals surface area contributed by atoms with E-state index in [0.717, 1.165) is 23.7 Å². The summed E-state index contributed by atoms with van der Waals surface area (Å²) in [5, 5.41) is 0. The summed E-state index contributed by atoms with van der Waals surface area (Å²) in [5.41, 5.74) is 0. The van der Waals surface area contributed by atoms with Gasteiger partial charge in [-0.2, -0.15) is 0 Å². The van der Waals surface area contributed by atoms with Crippen molar-refractivity contribution < 1.29 is 0 Å². The van der Waals surface area contributed by atoms with Gasteiger partial charge in [0.2, 0.25) is 0 Å². The Hall–Kier alpha value is 0. The molecule has 2 aliphatic carbocycles. The molecule has 2 rings (SSSR count). The first-order valence-corrected chi connectivity index (χ1v) is 11.2. The summed E-state index contributed by atoms with van der Waals surface area (Å²) in [6, 6.07) is 0. The Morgan fingerprint density at radius 2 is 1.26 bits per heavy atom. The third-order valence-corrected chi connectivity index (χ3v) is 5.53. The Bertz CT molecular complexity index is 204. The fourth-order valence-corrected chi connectivity index (χ4v) is 4.23. The van der Waals surface area contributed by atoms with Crippen molar-refractivity contribution in [3.63, 3.8) is 0 Å². The average Bonchev–Trinajstić information content (AvgIpc) is 3.06. The summed E-state index contributed by atoms with van der Waals surface area (Å²) in [7, 11) is 0. The minimum absolute atomic E-state index is 1.04. The highest BCUT2D eigenvalue weighted by Gasteiger charge is 2.38. The molecule has 4 atom stereocenters. The molecule has 2 unspecified atom stereocenters. The molecule has 0 nitrogen and oxygen atoms in total. The Balaban J connectivity index is 0. The topological polar surface area (TPSA) is 0 Å². The van der Waals surface area contributed by atoms with Crippen LogP contribution in [0, 0.1) is 23.7 Å². The lowest BCUT2D eigenvalue weighted by Gasteiger charge is -2.37. The maximum absolute atomic E-state index is 2.51. The lowest BCUT2D eigenvalue weighted by Crippen LogP contribution is -2.29. The van der Waals surface area contributed by atoms with Gasteiger partial charge in [0.05, 0.1) is 0 Å². The van der Waals surface area contributed by atoms with Gasteiger partial charge in [0.25, 0.3) is 0 Å². The standard InChI is InChI=1S/C12H22.C6H14.C3H8.C2H6/c1-3-10-7-8-11-5-4-6-12(11)9(10)2;1-3-5-6-4-2;1-3-2;1-2/h9-12H,3-8H2,1-2H3;3-6H2,1-2H3;3H2,1-2H3;1-2H3/t9?,10-,11?,12-;;;/m1.../s1. The van der Waals surface area contributed by atoms with Crippen LogP contribution in [-0.4, -0.2) is 0 Å². The second-order valence-electron chi connectivity index (χ2n) is 7.37. The molecular weight excluding hydrogens is 276 g/mol. The van der Waals surface area contributed by atoms with E-state index in [1.54, 1.807) is 19.3 Å². The normalized spacial score (nSPS) is 28.2. The number of fused-ring (bicyclic) bond motifs is 1. The fraction of sp³-hybridized carbons (Fsp3) is 1.00. The Kier molecular flexibility index (Phi) is 20.1. The first-order valence-electron chi connectivity index (χ1n) is 11.2. The van der Waals surface area contributed by atoms with Crippen molar-refractivity contribution in [3.8, 4) is 0 Å². The van der Waals surface area contributed by atoms with Gasteiger partial charge in [-0.1, -0.05) is 107 Å². The zero-order valence-corrected chi connectivity index (χ0v) is 18.1. The van der Waals surface area contributed by atoms with E-state index in [1.807, 2.05) is 13.8 Å². The quantitative estimate of drug-likeness (QED) is 0.452. The summed E-state index contributed by atoms with van der Waals surface area (Å²) in [6.45, 7) is 17.6. The lowest BCUT2D eigenvalue weighted by molar-refractivity contribution is 0.122. The molecule has 142 valence electrons. The van der Waals surface area contributed by atoms with Crippen LogP contribution in [-0.2, 0) is 0 Å². The SMILES string of the molecule is CC.CCC.CCCCCC.CC[C@@H]1CCC2CCC[C@@H]2C1C. The van der Waals surface area contributed by atoms with Gasteiger partial charge in [-0.25, -0.2) is 0 Å². The Morgan fingerprint density at radius 3 is 1.70 bits per heavy atom. The monoisotopic (exact) mass is 326 g/mol. The van der Waals surface area contributed by atoms with E-state index < -0.39 is 0 Å². The van der Waals surface area contributed by atoms with E-state index in [9.17, 15) is 0 Å². The van der Waals surface area contributed by atoms with Crippen LogP contribution >= 0.6 is 0 Å². The second kappa shape index (κ2) is 18.3. The molecule has 0 amide bonds. The minimum Gasteiger partial charge on any atom is -0.0683 e. The molecule has 0 N–H and O–H groups in total. The van der Waals surface area contributed by atoms with Gasteiger partial charge in [-0.3, -0.25) is 0 Å². The lowest BCUT2D eigenvalue weighted by atomic mass is 9.68. The molecule has 0 aromatic rings. The van der Waals surface area contributed by atoms with Crippen LogP contribution in [0.5, 0.6) is 0 Å². The van der Waals surface area contributed by atoms with Crippen molar-refractivity contribution >= 4 is 0 Å². The first kappa shape index (κ1) is 25.2. The number of unbranched alkanes of at least 4 members (excludes halogenated alkanes) is 3. The Morgan fingerprint density at radius 1 is 0.739 bits per heavy atom. The summed E-state index contributed by atoms with van der Waals surface area (Å²) < 4.78 is 0. The van der Waals surface area contributed by atoms with Gasteiger partial charge in [-0.15, -0.1) is 0 Å². The second-order valence-corrected chi connectivity index (χ2v) is 7.37. The minimum atomic E-state index is 1.04. The van der Waals surface area contributed by atoms with Crippen LogP contribution in [0.2, 0.25) is 0 Å². The maximum Gasteiger partial charge on any atom is -0.0357 e. The van der Waals surface area contributed by atoms with Crippen molar-refractivity contribution in [2.24, 2.45) is 23.7 Å². The van der Waals surface area contributed by atoms with E-state index in [-0.39, 0.29) is 0 Å². The molecule has 0 bridgehead atoms. The van der Waals surface area contributed by atoms with Crippen molar-refractivity contribution in [2.45, 2.75) is 126 Å². The molecule has 0 radical (unpaired) electrons. The third-order valence-electron chi connectivity index (χ3n) is 5.53. The summed E-state index contributed by atoms with van der Waals surface area (Å²) in [6.07, 6.45) is 15.9. The van der Waals surface area contributed by atoms with E-state index in [2.05, 4.69) is 41.5 Å². The molecule has 0 heteroatoms. The maximum atomic E-state index is 2.51. The summed E-state index contributed by atoms with van der Waals surface area (Å²) in [5.74, 6) is 4.34. The van der Waals surface area contributed by atoms with Crippen LogP contribution in [0.25, 0.3) is 0 Å². The largest absolute Gasteiger partial charge is 0.0683 e. The highest BCUT2D eigenvalue weighted by atomic mass is 14.4. The molecule has 0 spiro atoms. The molecule has 0 heterocycles. The van der Waals surface area contributed by atoms with Gasteiger partial charge in [0.1, 0.15) is 0 Å². The van der Waals surface area contributed by atoms with Gasteiger partial charge >= 0.3 is 0 Å². The van der Waals surface area contributed by atoms with Crippen LogP contribution in [0.15, 0.2) is 0 Å². The predicted octanol–water partition coefficient (Wildman–Crippen LogP) is 8.89. The predicted molar refractivity (Wildman–Crippen MR) is 110 cm³/mol. The number of hydrogen-bond acceptors (Lipinski definition) is 0. The van der Waals surface area contributed by atoms with E-state index in [0.29, 0.717) is 0 Å². The highest BCUT2D eigenvalue weighted by Crippen LogP contribution is 2.48. The highest BCUT2D eigenvalue weighted by molar-refractivity contribution is 4.88. The molecule has 0 saturated heterocycles. The molecule has 2 saturated carbocycles. The fourth-order valence-electron chi connectivity index (χ4n) is 4.23. The summed E-state index contributed by atoms with van der Waals surface area (Å²) in [4.78, 5) is 0. The van der Waals surface area contributed by atoms with E-state index in [1.165, 1.54) is 51.4 Å². The van der Waals surface area contributed by atoms with E-state index >= 15 is 0 Å². The molecule has 0 aliphatic heterocycles. The van der Waals surface area contributed by atoms with E-state index in [4.69, 9.17) is 0 Å². The number of rotatable bonds is 4. The Labute approximate surface area is 150 Å². The van der Waals surface area contributed by atoms with Crippen LogP contribution < -0.4 is 0 Å². The van der Waals surface area contributed by atoms with Crippen molar-refractivity contribution in [2.75, 3.05) is 0 Å². The third kappa shape index (κ3) is 11.2. The van der Waals surface area contributed by atoms with Gasteiger partial charge in [-0.05, 0) is 42.9 Å². The molecule has 0 aromatic heterocycles. The van der Waals surface area contributed by atoms with Crippen LogP contribution in [0.3, 0.4) is 0 Å². The first-order chi connectivity index (χ1) is 11.2. The van der Waals surface area contributed by atoms with Gasteiger partial charge in [0, 0.05) is 0 Å². The molecular formula is C23H50. The molecule has 2 fully saturated rings. The van der Waals surface area contributed by atoms with Gasteiger partial charge in [0.15, 0.2) is 0 Å². The zero-order chi connectivity index (χ0) is 18.1. The number of hydrogen-bond donors (Lipinski definition) is 0. The van der Waals surface area contributed by atoms with Crippen molar-refractivity contribution in [1.29, 1.82) is 0 Å².